The van der Waals surface area contributed by atoms with E-state index < -0.39 is 0 Å². The molecule has 0 amide bonds. The van der Waals surface area contributed by atoms with Crippen molar-refractivity contribution >= 4 is 34.4 Å². The highest BCUT2D eigenvalue weighted by Crippen LogP contribution is 2.17. The third-order valence-corrected chi connectivity index (χ3v) is 2.61. The summed E-state index contributed by atoms with van der Waals surface area (Å²) in [4.78, 5) is 25.1. The molecule has 1 aromatic carbocycles. The van der Waals surface area contributed by atoms with Crippen LogP contribution in [0.2, 0.25) is 5.02 Å². The molecular formula is C11H8ClN5O. The highest BCUT2D eigenvalue weighted by molar-refractivity contribution is 6.30. The maximum absolute atomic E-state index is 11.7. The van der Waals surface area contributed by atoms with Crippen LogP contribution >= 0.6 is 11.6 Å². The van der Waals surface area contributed by atoms with Gasteiger partial charge in [0.05, 0.1) is 6.33 Å². The van der Waals surface area contributed by atoms with Crippen molar-refractivity contribution in [1.82, 2.24) is 19.9 Å². The third kappa shape index (κ3) is 1.93. The van der Waals surface area contributed by atoms with Crippen LogP contribution in [0.4, 0.5) is 11.6 Å². The lowest BCUT2D eigenvalue weighted by atomic mass is 10.3. The summed E-state index contributed by atoms with van der Waals surface area (Å²) in [6.07, 6.45) is 1.43. The first-order valence-corrected chi connectivity index (χ1v) is 5.56. The summed E-state index contributed by atoms with van der Waals surface area (Å²) in [7, 11) is 0. The Balaban J connectivity index is 2.02. The lowest BCUT2D eigenvalue weighted by molar-refractivity contribution is 1.15. The van der Waals surface area contributed by atoms with E-state index >= 15 is 0 Å². The molecule has 6 nitrogen and oxygen atoms in total. The van der Waals surface area contributed by atoms with Crippen LogP contribution in [-0.4, -0.2) is 19.9 Å². The smallest absolute Gasteiger partial charge is 0.280 e. The molecule has 0 saturated carbocycles. The number of aromatic amines is 2. The van der Waals surface area contributed by atoms with Gasteiger partial charge >= 0.3 is 0 Å². The van der Waals surface area contributed by atoms with E-state index in [4.69, 9.17) is 11.6 Å². The number of anilines is 2. The minimum Gasteiger partial charge on any atom is -0.329 e. The van der Waals surface area contributed by atoms with Crippen molar-refractivity contribution < 1.29 is 0 Å². The Labute approximate surface area is 106 Å². The number of nitrogens with one attached hydrogen (secondary N) is 3. The molecule has 90 valence electrons. The van der Waals surface area contributed by atoms with Gasteiger partial charge in [0.1, 0.15) is 0 Å². The number of imidazole rings is 1. The molecule has 7 heteroatoms. The number of hydrogen-bond acceptors (Lipinski definition) is 4. The summed E-state index contributed by atoms with van der Waals surface area (Å²) in [6.45, 7) is 0. The van der Waals surface area contributed by atoms with Gasteiger partial charge in [0.2, 0.25) is 5.95 Å². The van der Waals surface area contributed by atoms with Gasteiger partial charge in [-0.15, -0.1) is 0 Å². The molecule has 0 aliphatic heterocycles. The zero-order valence-corrected chi connectivity index (χ0v) is 9.82. The average molecular weight is 262 g/mol. The lowest BCUT2D eigenvalue weighted by Crippen LogP contribution is -2.11. The minimum atomic E-state index is -0.300. The van der Waals surface area contributed by atoms with Crippen LogP contribution < -0.4 is 10.9 Å². The second-order valence-corrected chi connectivity index (χ2v) is 4.09. The van der Waals surface area contributed by atoms with Gasteiger partial charge in [0.15, 0.2) is 11.2 Å². The van der Waals surface area contributed by atoms with Crippen molar-refractivity contribution in [2.24, 2.45) is 0 Å². The fourth-order valence-corrected chi connectivity index (χ4v) is 1.80. The van der Waals surface area contributed by atoms with Crippen LogP contribution in [0.3, 0.4) is 0 Å². The second kappa shape index (κ2) is 4.15. The standard InChI is InChI=1S/C11H8ClN5O/c12-6-2-1-3-7(4-6)15-11-16-9-8(10(18)17-11)13-5-14-9/h1-5H,(H3,13,14,15,16,17,18). The molecule has 18 heavy (non-hydrogen) atoms. The van der Waals surface area contributed by atoms with Crippen molar-refractivity contribution in [2.45, 2.75) is 0 Å². The maximum Gasteiger partial charge on any atom is 0.280 e. The fourth-order valence-electron chi connectivity index (χ4n) is 1.61. The molecular weight excluding hydrogens is 254 g/mol. The molecule has 0 radical (unpaired) electrons. The Bertz CT molecular complexity index is 763. The van der Waals surface area contributed by atoms with Gasteiger partial charge in [-0.3, -0.25) is 9.78 Å². The summed E-state index contributed by atoms with van der Waals surface area (Å²) < 4.78 is 0. The van der Waals surface area contributed by atoms with E-state index in [2.05, 4.69) is 25.3 Å². The van der Waals surface area contributed by atoms with Crippen LogP contribution in [0.25, 0.3) is 11.2 Å². The van der Waals surface area contributed by atoms with Crippen molar-refractivity contribution in [1.29, 1.82) is 0 Å². The summed E-state index contributed by atoms with van der Waals surface area (Å²) in [5, 5.41) is 3.57. The summed E-state index contributed by atoms with van der Waals surface area (Å²) in [6, 6.07) is 7.13. The monoisotopic (exact) mass is 261 g/mol. The van der Waals surface area contributed by atoms with E-state index in [9.17, 15) is 4.79 Å². The van der Waals surface area contributed by atoms with Gasteiger partial charge in [-0.1, -0.05) is 17.7 Å². The van der Waals surface area contributed by atoms with Crippen molar-refractivity contribution in [3.63, 3.8) is 0 Å². The van der Waals surface area contributed by atoms with Crippen LogP contribution in [0, 0.1) is 0 Å². The SMILES string of the molecule is O=c1[nH]c(Nc2cccc(Cl)c2)nc2[nH]cnc12. The Morgan fingerprint density at radius 1 is 1.33 bits per heavy atom. The first kappa shape index (κ1) is 10.8. The molecule has 2 heterocycles. The number of benzene rings is 1. The number of hydrogen-bond donors (Lipinski definition) is 3. The Kier molecular flexibility index (Phi) is 2.49. The molecule has 0 aliphatic rings. The number of nitrogens with zero attached hydrogens (tertiary/aromatic N) is 2. The maximum atomic E-state index is 11.7. The first-order valence-electron chi connectivity index (χ1n) is 5.18. The molecule has 3 rings (SSSR count). The highest BCUT2D eigenvalue weighted by atomic mass is 35.5. The van der Waals surface area contributed by atoms with Gasteiger partial charge in [-0.25, -0.2) is 4.98 Å². The number of aromatic nitrogens is 4. The van der Waals surface area contributed by atoms with Crippen LogP contribution in [0.5, 0.6) is 0 Å². The number of rotatable bonds is 2. The topological polar surface area (TPSA) is 86.5 Å². The average Bonchev–Trinajstić information content (AvgIpc) is 2.77. The molecule has 3 aromatic rings. The number of fused-ring (bicyclic) bond motifs is 1. The number of halogens is 1. The molecule has 2 aromatic heterocycles. The molecule has 0 fully saturated rings. The van der Waals surface area contributed by atoms with Gasteiger partial charge in [0, 0.05) is 10.7 Å². The summed E-state index contributed by atoms with van der Waals surface area (Å²) in [5.74, 6) is 0.332. The molecule has 0 atom stereocenters. The zero-order chi connectivity index (χ0) is 12.5. The van der Waals surface area contributed by atoms with Gasteiger partial charge in [-0.2, -0.15) is 4.98 Å². The van der Waals surface area contributed by atoms with Crippen molar-refractivity contribution in [3.05, 3.63) is 46.0 Å². The van der Waals surface area contributed by atoms with Crippen molar-refractivity contribution in [2.75, 3.05) is 5.32 Å². The van der Waals surface area contributed by atoms with E-state index in [1.807, 2.05) is 6.07 Å². The molecule has 3 N–H and O–H groups in total. The predicted molar refractivity (Wildman–Crippen MR) is 69.2 cm³/mol. The van der Waals surface area contributed by atoms with Gasteiger partial charge < -0.3 is 10.3 Å². The normalized spacial score (nSPS) is 10.7. The molecule has 0 saturated heterocycles. The van der Waals surface area contributed by atoms with Gasteiger partial charge in [-0.05, 0) is 18.2 Å². The minimum absolute atomic E-state index is 0.284. The Hall–Kier alpha value is -2.34. The Morgan fingerprint density at radius 2 is 2.22 bits per heavy atom. The molecule has 0 bridgehead atoms. The molecule has 0 aliphatic carbocycles. The van der Waals surface area contributed by atoms with Crippen LogP contribution in [0.15, 0.2) is 35.4 Å². The van der Waals surface area contributed by atoms with Crippen LogP contribution in [0.1, 0.15) is 0 Å². The van der Waals surface area contributed by atoms with Gasteiger partial charge in [0.25, 0.3) is 5.56 Å². The molecule has 0 spiro atoms. The van der Waals surface area contributed by atoms with Crippen LogP contribution in [-0.2, 0) is 0 Å². The number of H-pyrrole nitrogens is 2. The fraction of sp³-hybridized carbons (Fsp3) is 0. The van der Waals surface area contributed by atoms with E-state index in [-0.39, 0.29) is 11.1 Å². The van der Waals surface area contributed by atoms with Crippen molar-refractivity contribution in [3.8, 4) is 0 Å². The summed E-state index contributed by atoms with van der Waals surface area (Å²) in [5.41, 5.74) is 1.16. The summed E-state index contributed by atoms with van der Waals surface area (Å²) >= 11 is 5.87. The van der Waals surface area contributed by atoms with E-state index in [0.29, 0.717) is 16.6 Å². The van der Waals surface area contributed by atoms with E-state index in [1.165, 1.54) is 6.33 Å². The predicted octanol–water partition coefficient (Wildman–Crippen LogP) is 2.04. The van der Waals surface area contributed by atoms with E-state index in [0.717, 1.165) is 5.69 Å². The highest BCUT2D eigenvalue weighted by Gasteiger charge is 2.05. The zero-order valence-electron chi connectivity index (χ0n) is 9.07. The third-order valence-electron chi connectivity index (χ3n) is 2.38. The lowest BCUT2D eigenvalue weighted by Gasteiger charge is -2.04. The quantitative estimate of drug-likeness (QED) is 0.659. The largest absolute Gasteiger partial charge is 0.329 e. The first-order chi connectivity index (χ1) is 8.72. The second-order valence-electron chi connectivity index (χ2n) is 3.65. The molecule has 0 unspecified atom stereocenters. The van der Waals surface area contributed by atoms with E-state index in [1.54, 1.807) is 18.2 Å². The Morgan fingerprint density at radius 3 is 3.06 bits per heavy atom.